The summed E-state index contributed by atoms with van der Waals surface area (Å²) < 4.78 is 0. The van der Waals surface area contributed by atoms with E-state index in [1.807, 2.05) is 42.5 Å². The Morgan fingerprint density at radius 1 is 0.846 bits per heavy atom. The molecule has 0 unspecified atom stereocenters. The molecule has 0 bridgehead atoms. The van der Waals surface area contributed by atoms with Gasteiger partial charge >= 0.3 is 5.97 Å². The van der Waals surface area contributed by atoms with Gasteiger partial charge in [0.05, 0.1) is 0 Å². The maximum atomic E-state index is 11.7. The highest BCUT2D eigenvalue weighted by Crippen LogP contribution is 2.10. The van der Waals surface area contributed by atoms with Crippen LogP contribution < -0.4 is 5.32 Å². The molecule has 0 aliphatic carbocycles. The Hall–Kier alpha value is -2.10. The molecular weight excluding hydrogens is 326 g/mol. The Morgan fingerprint density at radius 2 is 1.42 bits per heavy atom. The largest absolute Gasteiger partial charge is 0.481 e. The molecule has 1 amide bonds. The van der Waals surface area contributed by atoms with Gasteiger partial charge in [-0.2, -0.15) is 0 Å². The average Bonchev–Trinajstić information content (AvgIpc) is 2.63. The van der Waals surface area contributed by atoms with Crippen molar-refractivity contribution in [2.45, 2.75) is 70.6 Å². The fourth-order valence-corrected chi connectivity index (χ4v) is 2.80. The van der Waals surface area contributed by atoms with Crippen LogP contribution in [0, 0.1) is 0 Å². The smallest absolute Gasteiger partial charge is 0.303 e. The van der Waals surface area contributed by atoms with Crippen molar-refractivity contribution < 1.29 is 14.7 Å². The van der Waals surface area contributed by atoms with Crippen molar-refractivity contribution in [3.05, 3.63) is 42.0 Å². The fourth-order valence-electron chi connectivity index (χ4n) is 2.80. The predicted octanol–water partition coefficient (Wildman–Crippen LogP) is 5.19. The van der Waals surface area contributed by atoms with Gasteiger partial charge in [0.15, 0.2) is 0 Å². The van der Waals surface area contributed by atoms with Gasteiger partial charge in [0.1, 0.15) is 0 Å². The fraction of sp³-hybridized carbons (Fsp3) is 0.545. The average molecular weight is 360 g/mol. The third-order valence-electron chi connectivity index (χ3n) is 4.30. The van der Waals surface area contributed by atoms with E-state index < -0.39 is 5.97 Å². The summed E-state index contributed by atoms with van der Waals surface area (Å²) in [5, 5.41) is 11.5. The van der Waals surface area contributed by atoms with E-state index in [1.54, 1.807) is 0 Å². The number of carboxylic acid groups (broad SMARTS) is 1. The first-order chi connectivity index (χ1) is 12.7. The summed E-state index contributed by atoms with van der Waals surface area (Å²) in [5.41, 5.74) is 1.11. The van der Waals surface area contributed by atoms with Crippen molar-refractivity contribution in [1.82, 2.24) is 5.32 Å². The second-order valence-corrected chi connectivity index (χ2v) is 6.69. The molecule has 0 spiro atoms. The summed E-state index contributed by atoms with van der Waals surface area (Å²) in [4.78, 5) is 22.1. The number of hydrogen-bond donors (Lipinski definition) is 2. The number of aliphatic carboxylic acids is 1. The van der Waals surface area contributed by atoms with Gasteiger partial charge in [0.2, 0.25) is 5.91 Å². The van der Waals surface area contributed by atoms with Crippen molar-refractivity contribution in [2.75, 3.05) is 6.54 Å². The molecule has 4 heteroatoms. The molecule has 0 fully saturated rings. The van der Waals surface area contributed by atoms with Crippen LogP contribution in [-0.2, 0) is 9.59 Å². The van der Waals surface area contributed by atoms with E-state index in [9.17, 15) is 9.59 Å². The molecule has 1 aromatic rings. The molecule has 0 saturated carbocycles. The quantitative estimate of drug-likeness (QED) is 0.423. The number of amides is 1. The van der Waals surface area contributed by atoms with Gasteiger partial charge in [-0.1, -0.05) is 87.4 Å². The normalized spacial score (nSPS) is 10.9. The molecule has 0 saturated heterocycles. The highest BCUT2D eigenvalue weighted by molar-refractivity contribution is 5.78. The summed E-state index contributed by atoms with van der Waals surface area (Å²) in [6.45, 7) is 0.757. The first-order valence-electron chi connectivity index (χ1n) is 9.88. The SMILES string of the molecule is O=C(O)CCCCCCCCCCCNC(=O)C/C=C/c1ccccc1. The molecule has 144 valence electrons. The van der Waals surface area contributed by atoms with Crippen molar-refractivity contribution in [3.63, 3.8) is 0 Å². The van der Waals surface area contributed by atoms with Gasteiger partial charge in [0, 0.05) is 19.4 Å². The van der Waals surface area contributed by atoms with Crippen LogP contribution in [-0.4, -0.2) is 23.5 Å². The third kappa shape index (κ3) is 13.2. The first kappa shape index (κ1) is 21.9. The number of benzene rings is 1. The summed E-state index contributed by atoms with van der Waals surface area (Å²) in [6.07, 6.45) is 14.6. The minimum absolute atomic E-state index is 0.0820. The van der Waals surface area contributed by atoms with Crippen LogP contribution in [0.25, 0.3) is 6.08 Å². The van der Waals surface area contributed by atoms with Crippen molar-refractivity contribution in [2.24, 2.45) is 0 Å². The van der Waals surface area contributed by atoms with Crippen molar-refractivity contribution >= 4 is 18.0 Å². The number of unbranched alkanes of at least 4 members (excludes halogenated alkanes) is 8. The second-order valence-electron chi connectivity index (χ2n) is 6.69. The maximum absolute atomic E-state index is 11.7. The van der Waals surface area contributed by atoms with E-state index in [0.717, 1.165) is 44.2 Å². The number of nitrogens with one attached hydrogen (secondary N) is 1. The highest BCUT2D eigenvalue weighted by Gasteiger charge is 1.98. The molecule has 0 radical (unpaired) electrons. The van der Waals surface area contributed by atoms with E-state index in [2.05, 4.69) is 5.32 Å². The van der Waals surface area contributed by atoms with Gasteiger partial charge < -0.3 is 10.4 Å². The second kappa shape index (κ2) is 15.2. The van der Waals surface area contributed by atoms with Crippen molar-refractivity contribution in [1.29, 1.82) is 0 Å². The van der Waals surface area contributed by atoms with Crippen LogP contribution in [0.15, 0.2) is 36.4 Å². The number of carbonyl (C=O) groups excluding carboxylic acids is 1. The zero-order valence-corrected chi connectivity index (χ0v) is 15.8. The van der Waals surface area contributed by atoms with E-state index in [-0.39, 0.29) is 5.91 Å². The van der Waals surface area contributed by atoms with Crippen LogP contribution in [0.2, 0.25) is 0 Å². The van der Waals surface area contributed by atoms with Crippen LogP contribution in [0.3, 0.4) is 0 Å². The molecule has 0 heterocycles. The van der Waals surface area contributed by atoms with Crippen LogP contribution in [0.1, 0.15) is 76.2 Å². The number of rotatable bonds is 15. The molecule has 26 heavy (non-hydrogen) atoms. The predicted molar refractivity (Wildman–Crippen MR) is 107 cm³/mol. The van der Waals surface area contributed by atoms with Gasteiger partial charge in [-0.3, -0.25) is 9.59 Å². The van der Waals surface area contributed by atoms with Gasteiger partial charge in [-0.25, -0.2) is 0 Å². The lowest BCUT2D eigenvalue weighted by atomic mass is 10.1. The van der Waals surface area contributed by atoms with E-state index >= 15 is 0 Å². The Labute approximate surface area is 157 Å². The Bertz CT molecular complexity index is 525. The summed E-state index contributed by atoms with van der Waals surface area (Å²) in [6, 6.07) is 9.99. The van der Waals surface area contributed by atoms with E-state index in [1.165, 1.54) is 25.7 Å². The Kier molecular flexibility index (Phi) is 12.8. The summed E-state index contributed by atoms with van der Waals surface area (Å²) in [5.74, 6) is -0.608. The molecule has 1 aromatic carbocycles. The van der Waals surface area contributed by atoms with E-state index in [4.69, 9.17) is 5.11 Å². The number of carboxylic acids is 1. The zero-order chi connectivity index (χ0) is 18.9. The summed E-state index contributed by atoms with van der Waals surface area (Å²) >= 11 is 0. The van der Waals surface area contributed by atoms with Crippen LogP contribution in [0.5, 0.6) is 0 Å². The Morgan fingerprint density at radius 3 is 2.04 bits per heavy atom. The lowest BCUT2D eigenvalue weighted by Gasteiger charge is -2.04. The van der Waals surface area contributed by atoms with Gasteiger partial charge in [0.25, 0.3) is 0 Å². The third-order valence-corrected chi connectivity index (χ3v) is 4.30. The van der Waals surface area contributed by atoms with E-state index in [0.29, 0.717) is 12.8 Å². The first-order valence-corrected chi connectivity index (χ1v) is 9.88. The number of carbonyl (C=O) groups is 2. The minimum atomic E-state index is -0.690. The van der Waals surface area contributed by atoms with Crippen LogP contribution in [0.4, 0.5) is 0 Å². The molecule has 0 aromatic heterocycles. The topological polar surface area (TPSA) is 66.4 Å². The van der Waals surface area contributed by atoms with Gasteiger partial charge in [-0.15, -0.1) is 0 Å². The molecular formula is C22H33NO3. The molecule has 1 rings (SSSR count). The lowest BCUT2D eigenvalue weighted by molar-refractivity contribution is -0.137. The molecule has 2 N–H and O–H groups in total. The Balaban J connectivity index is 1.86. The van der Waals surface area contributed by atoms with Crippen LogP contribution >= 0.6 is 0 Å². The minimum Gasteiger partial charge on any atom is -0.481 e. The molecule has 0 atom stereocenters. The number of hydrogen-bond acceptors (Lipinski definition) is 2. The standard InChI is InChI=1S/C22H33NO3/c24-21(17-13-16-20-14-9-8-10-15-20)23-19-12-7-5-3-1-2-4-6-11-18-22(25)26/h8-10,13-16H,1-7,11-12,17-19H2,(H,23,24)(H,25,26)/b16-13+. The maximum Gasteiger partial charge on any atom is 0.303 e. The summed E-state index contributed by atoms with van der Waals surface area (Å²) in [7, 11) is 0. The molecule has 4 nitrogen and oxygen atoms in total. The monoisotopic (exact) mass is 359 g/mol. The zero-order valence-electron chi connectivity index (χ0n) is 15.8. The molecule has 0 aliphatic rings. The molecule has 0 aliphatic heterocycles. The highest BCUT2D eigenvalue weighted by atomic mass is 16.4. The van der Waals surface area contributed by atoms with Crippen molar-refractivity contribution in [3.8, 4) is 0 Å². The van der Waals surface area contributed by atoms with Gasteiger partial charge in [-0.05, 0) is 18.4 Å². The lowest BCUT2D eigenvalue weighted by Crippen LogP contribution is -2.23.